The van der Waals surface area contributed by atoms with Crippen molar-refractivity contribution in [2.45, 2.75) is 32.2 Å². The van der Waals surface area contributed by atoms with E-state index in [1.165, 1.54) is 6.33 Å². The maximum absolute atomic E-state index is 12.9. The molecule has 1 fully saturated rings. The zero-order valence-electron chi connectivity index (χ0n) is 14.5. The van der Waals surface area contributed by atoms with Gasteiger partial charge in [0.15, 0.2) is 5.82 Å². The molecule has 24 heavy (non-hydrogen) atoms. The summed E-state index contributed by atoms with van der Waals surface area (Å²) in [5.41, 5.74) is 0.863. The van der Waals surface area contributed by atoms with Gasteiger partial charge in [-0.15, -0.1) is 0 Å². The van der Waals surface area contributed by atoms with Crippen LogP contribution in [0, 0.1) is 6.92 Å². The number of carbonyl (C=O) groups is 1. The zero-order chi connectivity index (χ0) is 17.3. The lowest BCUT2D eigenvalue weighted by Gasteiger charge is -2.34. The van der Waals surface area contributed by atoms with Crippen LogP contribution < -0.4 is 4.90 Å². The minimum Gasteiger partial charge on any atom is -0.363 e. The molecule has 3 rings (SSSR count). The van der Waals surface area contributed by atoms with Gasteiger partial charge in [-0.05, 0) is 26.7 Å². The van der Waals surface area contributed by atoms with E-state index in [9.17, 15) is 4.79 Å². The van der Waals surface area contributed by atoms with Crippen LogP contribution in [-0.4, -0.2) is 51.4 Å². The number of rotatable bonds is 3. The minimum atomic E-state index is -0.524. The van der Waals surface area contributed by atoms with Gasteiger partial charge >= 0.3 is 0 Å². The van der Waals surface area contributed by atoms with Gasteiger partial charge in [-0.25, -0.2) is 19.9 Å². The molecule has 0 saturated carbocycles. The number of amides is 1. The van der Waals surface area contributed by atoms with Gasteiger partial charge in [-0.2, -0.15) is 0 Å². The fraction of sp³-hybridized carbons (Fsp3) is 0.471. The van der Waals surface area contributed by atoms with Gasteiger partial charge in [0.25, 0.3) is 5.91 Å². The van der Waals surface area contributed by atoms with E-state index in [1.54, 1.807) is 12.4 Å². The Balaban J connectivity index is 2.01. The molecular formula is C17H22N6O. The van der Waals surface area contributed by atoms with Crippen molar-refractivity contribution in [2.24, 2.45) is 0 Å². The van der Waals surface area contributed by atoms with Crippen molar-refractivity contribution in [1.29, 1.82) is 0 Å². The first kappa shape index (κ1) is 16.3. The normalized spacial score (nSPS) is 20.2. The molecule has 126 valence electrons. The third kappa shape index (κ3) is 2.81. The number of nitrogens with zero attached hydrogens (tertiary/aromatic N) is 6. The summed E-state index contributed by atoms with van der Waals surface area (Å²) in [5.74, 6) is 1.46. The lowest BCUT2D eigenvalue weighted by Crippen LogP contribution is -2.44. The number of likely N-dealkylation sites (tertiary alicyclic amines) is 1. The second kappa shape index (κ2) is 6.14. The van der Waals surface area contributed by atoms with Crippen LogP contribution in [0.3, 0.4) is 0 Å². The first-order valence-corrected chi connectivity index (χ1v) is 8.02. The molecule has 0 unspecified atom stereocenters. The Hall–Kier alpha value is -2.57. The van der Waals surface area contributed by atoms with Crippen molar-refractivity contribution in [3.8, 4) is 0 Å². The molecule has 7 heteroatoms. The monoisotopic (exact) mass is 326 g/mol. The fourth-order valence-electron chi connectivity index (χ4n) is 3.11. The summed E-state index contributed by atoms with van der Waals surface area (Å²) >= 11 is 0. The van der Waals surface area contributed by atoms with Crippen molar-refractivity contribution in [2.75, 3.05) is 25.5 Å². The Bertz CT molecular complexity index is 748. The van der Waals surface area contributed by atoms with Gasteiger partial charge < -0.3 is 9.80 Å². The average molecular weight is 326 g/mol. The molecule has 1 saturated heterocycles. The molecule has 3 heterocycles. The molecule has 2 aromatic heterocycles. The highest BCUT2D eigenvalue weighted by Crippen LogP contribution is 2.38. The number of hydrogen-bond donors (Lipinski definition) is 0. The molecule has 1 aliphatic heterocycles. The van der Waals surface area contributed by atoms with Crippen molar-refractivity contribution < 1.29 is 4.79 Å². The number of hydrogen-bond acceptors (Lipinski definition) is 6. The molecule has 0 N–H and O–H groups in total. The van der Waals surface area contributed by atoms with Gasteiger partial charge in [0.1, 0.15) is 17.7 Å². The van der Waals surface area contributed by atoms with Crippen molar-refractivity contribution in [3.05, 3.63) is 41.9 Å². The largest absolute Gasteiger partial charge is 0.363 e. The van der Waals surface area contributed by atoms with Crippen LogP contribution in [0.1, 0.15) is 41.6 Å². The van der Waals surface area contributed by atoms with Crippen molar-refractivity contribution >= 4 is 11.7 Å². The van der Waals surface area contributed by atoms with Gasteiger partial charge in [-0.3, -0.25) is 4.79 Å². The predicted molar refractivity (Wildman–Crippen MR) is 90.8 cm³/mol. The van der Waals surface area contributed by atoms with E-state index in [2.05, 4.69) is 15.0 Å². The summed E-state index contributed by atoms with van der Waals surface area (Å²) < 4.78 is 0. The number of carbonyl (C=O) groups excluding carboxylic acids is 1. The highest BCUT2D eigenvalue weighted by atomic mass is 16.2. The van der Waals surface area contributed by atoms with Crippen molar-refractivity contribution in [1.82, 2.24) is 24.8 Å². The lowest BCUT2D eigenvalue weighted by molar-refractivity contribution is 0.0603. The van der Waals surface area contributed by atoms with Crippen LogP contribution in [0.25, 0.3) is 0 Å². The molecule has 0 aliphatic carbocycles. The Morgan fingerprint density at radius 2 is 1.96 bits per heavy atom. The van der Waals surface area contributed by atoms with E-state index in [0.29, 0.717) is 17.9 Å². The summed E-state index contributed by atoms with van der Waals surface area (Å²) in [6, 6.07) is 1.94. The van der Waals surface area contributed by atoms with E-state index < -0.39 is 5.54 Å². The molecule has 1 atom stereocenters. The van der Waals surface area contributed by atoms with Gasteiger partial charge in [0, 0.05) is 44.8 Å². The summed E-state index contributed by atoms with van der Waals surface area (Å²) in [4.78, 5) is 34.0. The quantitative estimate of drug-likeness (QED) is 0.856. The summed E-state index contributed by atoms with van der Waals surface area (Å²) in [6.45, 7) is 4.67. The number of aryl methyl sites for hydroxylation is 1. The molecule has 1 amide bonds. The van der Waals surface area contributed by atoms with E-state index in [0.717, 1.165) is 24.4 Å². The summed E-state index contributed by atoms with van der Waals surface area (Å²) in [6.07, 6.45) is 6.28. The van der Waals surface area contributed by atoms with Crippen LogP contribution >= 0.6 is 0 Å². The highest BCUT2D eigenvalue weighted by Gasteiger charge is 2.44. The van der Waals surface area contributed by atoms with Crippen molar-refractivity contribution in [3.63, 3.8) is 0 Å². The van der Waals surface area contributed by atoms with E-state index >= 15 is 0 Å². The Labute approximate surface area is 141 Å². The van der Waals surface area contributed by atoms with Gasteiger partial charge in [0.2, 0.25) is 0 Å². The summed E-state index contributed by atoms with van der Waals surface area (Å²) in [5, 5.41) is 0. The zero-order valence-corrected chi connectivity index (χ0v) is 14.5. The Morgan fingerprint density at radius 3 is 2.62 bits per heavy atom. The fourth-order valence-corrected chi connectivity index (χ4v) is 3.11. The second-order valence-electron chi connectivity index (χ2n) is 6.55. The third-order valence-electron chi connectivity index (χ3n) is 4.47. The Kier molecular flexibility index (Phi) is 4.17. The summed E-state index contributed by atoms with van der Waals surface area (Å²) in [7, 11) is 3.90. The molecule has 2 aromatic rings. The maximum atomic E-state index is 12.9. The smallest absolute Gasteiger partial charge is 0.257 e. The first-order chi connectivity index (χ1) is 11.4. The number of anilines is 1. The molecule has 0 spiro atoms. The van der Waals surface area contributed by atoms with Gasteiger partial charge in [-0.1, -0.05) is 0 Å². The molecule has 1 aliphatic rings. The van der Waals surface area contributed by atoms with E-state index in [1.807, 2.05) is 43.8 Å². The van der Waals surface area contributed by atoms with Gasteiger partial charge in [0.05, 0.1) is 5.56 Å². The molecular weight excluding hydrogens is 304 g/mol. The van der Waals surface area contributed by atoms with E-state index in [4.69, 9.17) is 4.98 Å². The SMILES string of the molecule is Cc1cc(N(C)C)nc([C@]2(C)CCCN2C(=O)c2cncnc2)n1. The standard InChI is InChI=1S/C17H22N6O/c1-12-8-14(22(3)4)21-16(20-12)17(2)6-5-7-23(17)15(24)13-9-18-11-19-10-13/h8-11H,5-7H2,1-4H3/t17-/m0/s1. The van der Waals surface area contributed by atoms with Crippen LogP contribution in [0.4, 0.5) is 5.82 Å². The van der Waals surface area contributed by atoms with Crippen LogP contribution in [0.5, 0.6) is 0 Å². The maximum Gasteiger partial charge on any atom is 0.257 e. The second-order valence-corrected chi connectivity index (χ2v) is 6.55. The minimum absolute atomic E-state index is 0.0768. The van der Waals surface area contributed by atoms with E-state index in [-0.39, 0.29) is 5.91 Å². The topological polar surface area (TPSA) is 75.1 Å². The third-order valence-corrected chi connectivity index (χ3v) is 4.47. The number of aromatic nitrogens is 4. The average Bonchev–Trinajstić information content (AvgIpc) is 2.97. The van der Waals surface area contributed by atoms with Crippen LogP contribution in [-0.2, 0) is 5.54 Å². The predicted octanol–water partition coefficient (Wildman–Crippen LogP) is 1.79. The molecule has 0 radical (unpaired) electrons. The van der Waals surface area contributed by atoms with Crippen LogP contribution in [0.2, 0.25) is 0 Å². The molecule has 0 aromatic carbocycles. The molecule has 0 bridgehead atoms. The molecule has 7 nitrogen and oxygen atoms in total. The first-order valence-electron chi connectivity index (χ1n) is 8.02. The van der Waals surface area contributed by atoms with Crippen LogP contribution in [0.15, 0.2) is 24.8 Å². The Morgan fingerprint density at radius 1 is 1.25 bits per heavy atom. The lowest BCUT2D eigenvalue weighted by atomic mass is 9.97. The highest BCUT2D eigenvalue weighted by molar-refractivity contribution is 5.94.